The first-order chi connectivity index (χ1) is 10.9. The molecule has 0 aliphatic heterocycles. The lowest BCUT2D eigenvalue weighted by atomic mass is 10.3. The fraction of sp³-hybridized carbons (Fsp3) is 0.267. The van der Waals surface area contributed by atoms with Gasteiger partial charge in [0.15, 0.2) is 6.19 Å². The van der Waals surface area contributed by atoms with E-state index in [4.69, 9.17) is 5.26 Å². The molecule has 22 heavy (non-hydrogen) atoms. The Morgan fingerprint density at radius 1 is 1.36 bits per heavy atom. The van der Waals surface area contributed by atoms with Crippen molar-refractivity contribution < 1.29 is 0 Å². The summed E-state index contributed by atoms with van der Waals surface area (Å²) in [5.74, 6) is 1.41. The van der Waals surface area contributed by atoms with E-state index in [1.807, 2.05) is 24.4 Å². The summed E-state index contributed by atoms with van der Waals surface area (Å²) in [4.78, 5) is 12.6. The Hall–Kier alpha value is -2.46. The molecule has 2 rings (SSSR count). The van der Waals surface area contributed by atoms with Gasteiger partial charge in [-0.05, 0) is 12.1 Å². The van der Waals surface area contributed by atoms with E-state index in [0.717, 1.165) is 24.4 Å². The number of hydrogen-bond donors (Lipinski definition) is 3. The molecular formula is C15H18N6S. The van der Waals surface area contributed by atoms with E-state index in [1.54, 1.807) is 24.3 Å². The minimum absolute atomic E-state index is 0.510. The molecule has 0 atom stereocenters. The van der Waals surface area contributed by atoms with Gasteiger partial charge in [0.2, 0.25) is 5.96 Å². The number of nitrogens with one attached hydrogen (secondary N) is 3. The van der Waals surface area contributed by atoms with Crippen molar-refractivity contribution in [3.8, 4) is 6.19 Å². The summed E-state index contributed by atoms with van der Waals surface area (Å²) in [6.07, 6.45) is 6.08. The van der Waals surface area contributed by atoms with Crippen LogP contribution < -0.4 is 10.6 Å². The monoisotopic (exact) mass is 314 g/mol. The van der Waals surface area contributed by atoms with E-state index in [9.17, 15) is 0 Å². The zero-order valence-electron chi connectivity index (χ0n) is 12.1. The molecule has 3 N–H and O–H groups in total. The van der Waals surface area contributed by atoms with E-state index in [2.05, 4.69) is 37.7 Å². The Bertz CT molecular complexity index is 603. The van der Waals surface area contributed by atoms with Crippen molar-refractivity contribution in [1.82, 2.24) is 20.6 Å². The minimum atomic E-state index is 0.510. The second kappa shape index (κ2) is 9.47. The van der Waals surface area contributed by atoms with Gasteiger partial charge in [-0.3, -0.25) is 10.3 Å². The van der Waals surface area contributed by atoms with E-state index in [0.29, 0.717) is 12.5 Å². The number of H-pyrrole nitrogens is 1. The molecule has 114 valence electrons. The molecule has 0 aliphatic rings. The number of rotatable bonds is 7. The van der Waals surface area contributed by atoms with Crippen molar-refractivity contribution in [3.63, 3.8) is 0 Å². The van der Waals surface area contributed by atoms with Crippen molar-refractivity contribution in [2.24, 2.45) is 4.99 Å². The maximum Gasteiger partial charge on any atom is 0.204 e. The van der Waals surface area contributed by atoms with Crippen LogP contribution in [-0.2, 0) is 6.42 Å². The molecule has 1 heterocycles. The number of benzene rings is 1. The summed E-state index contributed by atoms with van der Waals surface area (Å²) in [7, 11) is 0. The highest BCUT2D eigenvalue weighted by Crippen LogP contribution is 2.15. The van der Waals surface area contributed by atoms with Gasteiger partial charge >= 0.3 is 0 Å². The predicted molar refractivity (Wildman–Crippen MR) is 88.5 cm³/mol. The van der Waals surface area contributed by atoms with Crippen molar-refractivity contribution in [3.05, 3.63) is 48.5 Å². The largest absolute Gasteiger partial charge is 0.355 e. The Kier molecular flexibility index (Phi) is 6.85. The first-order valence-electron chi connectivity index (χ1n) is 6.97. The molecular weight excluding hydrogens is 296 g/mol. The maximum atomic E-state index is 8.75. The highest BCUT2D eigenvalue weighted by molar-refractivity contribution is 7.99. The molecule has 6 nitrogen and oxygen atoms in total. The maximum absolute atomic E-state index is 8.75. The van der Waals surface area contributed by atoms with Gasteiger partial charge in [-0.25, -0.2) is 4.98 Å². The molecule has 0 unspecified atom stereocenters. The van der Waals surface area contributed by atoms with Crippen LogP contribution in [0.5, 0.6) is 0 Å². The highest BCUT2D eigenvalue weighted by atomic mass is 32.2. The number of guanidine groups is 1. The number of thioether (sulfide) groups is 1. The van der Waals surface area contributed by atoms with E-state index >= 15 is 0 Å². The Morgan fingerprint density at radius 3 is 2.95 bits per heavy atom. The van der Waals surface area contributed by atoms with E-state index in [1.165, 1.54) is 4.90 Å². The molecule has 0 saturated carbocycles. The number of aromatic nitrogens is 2. The van der Waals surface area contributed by atoms with Crippen molar-refractivity contribution in [1.29, 1.82) is 5.26 Å². The lowest BCUT2D eigenvalue weighted by molar-refractivity contribution is 0.878. The Morgan fingerprint density at radius 2 is 2.23 bits per heavy atom. The average molecular weight is 314 g/mol. The number of aliphatic imine (C=N–C) groups is 1. The van der Waals surface area contributed by atoms with Crippen LogP contribution in [0.15, 0.2) is 52.7 Å². The second-order valence-electron chi connectivity index (χ2n) is 4.38. The van der Waals surface area contributed by atoms with E-state index < -0.39 is 0 Å². The van der Waals surface area contributed by atoms with E-state index in [-0.39, 0.29) is 0 Å². The third-order valence-electron chi connectivity index (χ3n) is 2.79. The molecule has 0 fully saturated rings. The Balaban J connectivity index is 1.70. The molecule has 0 spiro atoms. The molecule has 0 aliphatic carbocycles. The first-order valence-corrected chi connectivity index (χ1v) is 7.95. The molecule has 1 aromatic heterocycles. The molecule has 7 heteroatoms. The summed E-state index contributed by atoms with van der Waals surface area (Å²) < 4.78 is 0. The SMILES string of the molecule is N#CNC(=NCCc1cnc[nH]1)NCCSc1ccccc1. The number of nitriles is 1. The predicted octanol–water partition coefficient (Wildman–Crippen LogP) is 1.76. The normalized spacial score (nSPS) is 11.0. The van der Waals surface area contributed by atoms with Crippen LogP contribution >= 0.6 is 11.8 Å². The van der Waals surface area contributed by atoms with Crippen molar-refractivity contribution in [2.45, 2.75) is 11.3 Å². The average Bonchev–Trinajstić information content (AvgIpc) is 3.06. The van der Waals surface area contributed by atoms with Gasteiger partial charge in [0.1, 0.15) is 0 Å². The fourth-order valence-electron chi connectivity index (χ4n) is 1.76. The molecule has 0 radical (unpaired) electrons. The highest BCUT2D eigenvalue weighted by Gasteiger charge is 1.99. The van der Waals surface area contributed by atoms with Crippen LogP contribution in [0.4, 0.5) is 0 Å². The first kappa shape index (κ1) is 15.9. The van der Waals surface area contributed by atoms with Gasteiger partial charge in [-0.1, -0.05) is 18.2 Å². The van der Waals surface area contributed by atoms with Gasteiger partial charge in [0, 0.05) is 42.0 Å². The summed E-state index contributed by atoms with van der Waals surface area (Å²) in [5.41, 5.74) is 1.03. The van der Waals surface area contributed by atoms with Gasteiger partial charge in [-0.15, -0.1) is 11.8 Å². The minimum Gasteiger partial charge on any atom is -0.355 e. The zero-order valence-corrected chi connectivity index (χ0v) is 12.9. The van der Waals surface area contributed by atoms with Gasteiger partial charge < -0.3 is 10.3 Å². The van der Waals surface area contributed by atoms with Crippen molar-refractivity contribution in [2.75, 3.05) is 18.8 Å². The number of aromatic amines is 1. The van der Waals surface area contributed by atoms with Crippen LogP contribution in [0.3, 0.4) is 0 Å². The topological polar surface area (TPSA) is 88.9 Å². The van der Waals surface area contributed by atoms with Crippen LogP contribution in [0.2, 0.25) is 0 Å². The quantitative estimate of drug-likeness (QED) is 0.181. The third kappa shape index (κ3) is 5.89. The molecule has 0 amide bonds. The molecule has 2 aromatic rings. The fourth-order valence-corrected chi connectivity index (χ4v) is 2.55. The molecule has 1 aromatic carbocycles. The van der Waals surface area contributed by atoms with Crippen LogP contribution in [-0.4, -0.2) is 34.8 Å². The van der Waals surface area contributed by atoms with Gasteiger partial charge in [-0.2, -0.15) is 5.26 Å². The van der Waals surface area contributed by atoms with Crippen LogP contribution in [0.25, 0.3) is 0 Å². The summed E-state index contributed by atoms with van der Waals surface area (Å²) in [5, 5.41) is 14.5. The summed E-state index contributed by atoms with van der Waals surface area (Å²) in [6, 6.07) is 10.2. The summed E-state index contributed by atoms with van der Waals surface area (Å²) >= 11 is 1.76. The standard InChI is InChI=1S/C15H18N6S/c16-11-20-15(18-7-6-13-10-17-12-21-13)19-8-9-22-14-4-2-1-3-5-14/h1-5,10,12H,6-9H2,(H,17,21)(H2,18,19,20). The van der Waals surface area contributed by atoms with Gasteiger partial charge in [0.05, 0.1) is 6.33 Å². The van der Waals surface area contributed by atoms with Gasteiger partial charge in [0.25, 0.3) is 0 Å². The second-order valence-corrected chi connectivity index (χ2v) is 5.55. The lowest BCUT2D eigenvalue weighted by Crippen LogP contribution is -2.36. The van der Waals surface area contributed by atoms with Crippen LogP contribution in [0, 0.1) is 11.5 Å². The summed E-state index contributed by atoms with van der Waals surface area (Å²) in [6.45, 7) is 1.32. The number of hydrogen-bond acceptors (Lipinski definition) is 4. The number of imidazole rings is 1. The Labute approximate surface area is 134 Å². The van der Waals surface area contributed by atoms with Crippen molar-refractivity contribution >= 4 is 17.7 Å². The zero-order chi connectivity index (χ0) is 15.5. The number of nitrogens with zero attached hydrogens (tertiary/aromatic N) is 3. The molecule has 0 saturated heterocycles. The smallest absolute Gasteiger partial charge is 0.204 e. The lowest BCUT2D eigenvalue weighted by Gasteiger charge is -2.07. The molecule has 0 bridgehead atoms. The van der Waals surface area contributed by atoms with Crippen LogP contribution in [0.1, 0.15) is 5.69 Å². The third-order valence-corrected chi connectivity index (χ3v) is 3.80.